The van der Waals surface area contributed by atoms with Crippen LogP contribution in [0.2, 0.25) is 0 Å². The lowest BCUT2D eigenvalue weighted by Crippen LogP contribution is -2.26. The Bertz CT molecular complexity index is 831. The summed E-state index contributed by atoms with van der Waals surface area (Å²) >= 11 is 0. The zero-order valence-corrected chi connectivity index (χ0v) is 13.9. The number of halogens is 1. The minimum Gasteiger partial charge on any atom is -0.387 e. The van der Waals surface area contributed by atoms with Crippen LogP contribution in [0.3, 0.4) is 0 Å². The Balaban J connectivity index is 1.89. The van der Waals surface area contributed by atoms with Crippen LogP contribution in [-0.4, -0.2) is 38.3 Å². The number of anilines is 1. The van der Waals surface area contributed by atoms with Crippen LogP contribution >= 0.6 is 0 Å². The second-order valence-electron chi connectivity index (χ2n) is 6.11. The van der Waals surface area contributed by atoms with E-state index in [0.29, 0.717) is 17.9 Å². The Morgan fingerprint density at radius 1 is 1.25 bits per heavy atom. The summed E-state index contributed by atoms with van der Waals surface area (Å²) < 4.78 is 14.7. The van der Waals surface area contributed by atoms with Gasteiger partial charge in [0.2, 0.25) is 0 Å². The highest BCUT2D eigenvalue weighted by molar-refractivity contribution is 5.47. The summed E-state index contributed by atoms with van der Waals surface area (Å²) in [6.07, 6.45) is 0.713. The number of hydrogen-bond donors (Lipinski definition) is 1. The van der Waals surface area contributed by atoms with E-state index in [0.717, 1.165) is 11.5 Å². The van der Waals surface area contributed by atoms with Gasteiger partial charge in [-0.3, -0.25) is 0 Å². The van der Waals surface area contributed by atoms with Gasteiger partial charge in [-0.05, 0) is 23.6 Å². The smallest absolute Gasteiger partial charge is 0.254 e. The van der Waals surface area contributed by atoms with Crippen molar-refractivity contribution in [1.82, 2.24) is 19.6 Å². The van der Waals surface area contributed by atoms with Crippen LogP contribution in [-0.2, 0) is 0 Å². The Morgan fingerprint density at radius 3 is 2.62 bits per heavy atom. The lowest BCUT2D eigenvalue weighted by atomic mass is 10.1. The molecule has 1 aromatic carbocycles. The molecule has 0 bridgehead atoms. The summed E-state index contributed by atoms with van der Waals surface area (Å²) in [5, 5.41) is 14.6. The second-order valence-corrected chi connectivity index (χ2v) is 6.11. The highest BCUT2D eigenvalue weighted by Crippen LogP contribution is 2.22. The fourth-order valence-corrected chi connectivity index (χ4v) is 2.53. The number of likely N-dealkylation sites (N-methyl/N-ethyl adjacent to an activating group) is 1. The van der Waals surface area contributed by atoms with Crippen LogP contribution in [0, 0.1) is 5.82 Å². The van der Waals surface area contributed by atoms with Crippen molar-refractivity contribution in [3.05, 3.63) is 53.7 Å². The van der Waals surface area contributed by atoms with E-state index in [9.17, 15) is 9.50 Å². The van der Waals surface area contributed by atoms with Crippen molar-refractivity contribution >= 4 is 11.6 Å². The average Bonchev–Trinajstić information content (AvgIpc) is 3.02. The summed E-state index contributed by atoms with van der Waals surface area (Å²) in [5.41, 5.74) is 1.57. The molecule has 0 aliphatic rings. The van der Waals surface area contributed by atoms with Gasteiger partial charge in [-0.15, -0.1) is 0 Å². The molecule has 0 aliphatic carbocycles. The lowest BCUT2D eigenvalue weighted by molar-refractivity contribution is 0.184. The molecular formula is C17H20FN5O. The van der Waals surface area contributed by atoms with E-state index in [1.165, 1.54) is 18.5 Å². The molecule has 6 nitrogen and oxygen atoms in total. The SMILES string of the molecule is CC(C)c1cc(N(C)C[C@H](O)c2ccc(F)cc2)n2ncnc2n1. The molecule has 2 aromatic heterocycles. The number of benzene rings is 1. The second kappa shape index (κ2) is 6.52. The van der Waals surface area contributed by atoms with Gasteiger partial charge in [-0.25, -0.2) is 9.37 Å². The van der Waals surface area contributed by atoms with Gasteiger partial charge in [-0.2, -0.15) is 14.6 Å². The predicted octanol–water partition coefficient (Wildman–Crippen LogP) is 2.56. The summed E-state index contributed by atoms with van der Waals surface area (Å²) in [4.78, 5) is 10.5. The first-order chi connectivity index (χ1) is 11.5. The van der Waals surface area contributed by atoms with E-state index < -0.39 is 6.10 Å². The highest BCUT2D eigenvalue weighted by Gasteiger charge is 2.17. The van der Waals surface area contributed by atoms with E-state index in [2.05, 4.69) is 28.9 Å². The molecule has 0 amide bonds. The number of aromatic nitrogens is 4. The molecule has 24 heavy (non-hydrogen) atoms. The summed E-state index contributed by atoms with van der Waals surface area (Å²) in [5.74, 6) is 1.25. The molecule has 0 radical (unpaired) electrons. The lowest BCUT2D eigenvalue weighted by Gasteiger charge is -2.24. The molecule has 0 unspecified atom stereocenters. The molecule has 2 heterocycles. The third kappa shape index (κ3) is 3.21. The number of hydrogen-bond acceptors (Lipinski definition) is 5. The van der Waals surface area contributed by atoms with Crippen LogP contribution in [0.5, 0.6) is 0 Å². The van der Waals surface area contributed by atoms with Crippen molar-refractivity contribution < 1.29 is 9.50 Å². The van der Waals surface area contributed by atoms with Crippen molar-refractivity contribution in [3.8, 4) is 0 Å². The van der Waals surface area contributed by atoms with Gasteiger partial charge in [0.1, 0.15) is 18.0 Å². The zero-order chi connectivity index (χ0) is 17.3. The van der Waals surface area contributed by atoms with Crippen LogP contribution in [0.1, 0.15) is 37.1 Å². The number of nitrogens with zero attached hydrogens (tertiary/aromatic N) is 5. The van der Waals surface area contributed by atoms with E-state index >= 15 is 0 Å². The zero-order valence-electron chi connectivity index (χ0n) is 13.9. The summed E-state index contributed by atoms with van der Waals surface area (Å²) in [6.45, 7) is 4.46. The first kappa shape index (κ1) is 16.3. The first-order valence-electron chi connectivity index (χ1n) is 7.81. The van der Waals surface area contributed by atoms with Crippen molar-refractivity contribution in [1.29, 1.82) is 0 Å². The maximum absolute atomic E-state index is 13.0. The van der Waals surface area contributed by atoms with Crippen LogP contribution in [0.15, 0.2) is 36.7 Å². The largest absolute Gasteiger partial charge is 0.387 e. The Kier molecular flexibility index (Phi) is 4.44. The number of rotatable bonds is 5. The Hall–Kier alpha value is -2.54. The third-order valence-corrected chi connectivity index (χ3v) is 3.94. The number of aliphatic hydroxyl groups is 1. The molecule has 1 atom stereocenters. The van der Waals surface area contributed by atoms with Crippen molar-refractivity contribution in [3.63, 3.8) is 0 Å². The minimum atomic E-state index is -0.746. The molecule has 0 spiro atoms. The first-order valence-corrected chi connectivity index (χ1v) is 7.81. The van der Waals surface area contributed by atoms with Gasteiger partial charge >= 0.3 is 0 Å². The van der Waals surface area contributed by atoms with Crippen molar-refractivity contribution in [2.45, 2.75) is 25.9 Å². The van der Waals surface area contributed by atoms with Crippen LogP contribution < -0.4 is 4.90 Å². The van der Waals surface area contributed by atoms with Crippen molar-refractivity contribution in [2.75, 3.05) is 18.5 Å². The van der Waals surface area contributed by atoms with Crippen LogP contribution in [0.25, 0.3) is 5.78 Å². The normalized spacial score (nSPS) is 12.8. The molecule has 0 saturated heterocycles. The van der Waals surface area contributed by atoms with Gasteiger partial charge in [0.15, 0.2) is 0 Å². The fourth-order valence-electron chi connectivity index (χ4n) is 2.53. The van der Waals surface area contributed by atoms with Gasteiger partial charge in [-0.1, -0.05) is 26.0 Å². The predicted molar refractivity (Wildman–Crippen MR) is 89.5 cm³/mol. The molecule has 7 heteroatoms. The number of fused-ring (bicyclic) bond motifs is 1. The quantitative estimate of drug-likeness (QED) is 0.779. The molecule has 3 rings (SSSR count). The Morgan fingerprint density at radius 2 is 1.96 bits per heavy atom. The topological polar surface area (TPSA) is 66.5 Å². The molecular weight excluding hydrogens is 309 g/mol. The van der Waals surface area contributed by atoms with E-state index in [4.69, 9.17) is 0 Å². The molecule has 0 aliphatic heterocycles. The number of aliphatic hydroxyl groups excluding tert-OH is 1. The van der Waals surface area contributed by atoms with E-state index in [-0.39, 0.29) is 11.7 Å². The highest BCUT2D eigenvalue weighted by atomic mass is 19.1. The van der Waals surface area contributed by atoms with Crippen molar-refractivity contribution in [2.24, 2.45) is 0 Å². The fraction of sp³-hybridized carbons (Fsp3) is 0.353. The maximum Gasteiger partial charge on any atom is 0.254 e. The standard InChI is InChI=1S/C17H20FN5O/c1-11(2)14-8-16(23-17(21-14)19-10-20-23)22(3)9-15(24)12-4-6-13(18)7-5-12/h4-8,10-11,15,24H,9H2,1-3H3/t15-/m0/s1. The molecule has 126 valence electrons. The minimum absolute atomic E-state index is 0.251. The van der Waals surface area contributed by atoms with Gasteiger partial charge in [0.05, 0.1) is 11.8 Å². The maximum atomic E-state index is 13.0. The third-order valence-electron chi connectivity index (χ3n) is 3.94. The van der Waals surface area contributed by atoms with Gasteiger partial charge in [0, 0.05) is 19.7 Å². The van der Waals surface area contributed by atoms with E-state index in [1.54, 1.807) is 16.6 Å². The monoisotopic (exact) mass is 329 g/mol. The van der Waals surface area contributed by atoms with Gasteiger partial charge in [0.25, 0.3) is 5.78 Å². The summed E-state index contributed by atoms with van der Waals surface area (Å²) in [6, 6.07) is 7.81. The van der Waals surface area contributed by atoms with E-state index in [1.807, 2.05) is 18.0 Å². The average molecular weight is 329 g/mol. The Labute approximate surface area is 139 Å². The molecule has 3 aromatic rings. The van der Waals surface area contributed by atoms with Crippen LogP contribution in [0.4, 0.5) is 10.2 Å². The molecule has 0 fully saturated rings. The van der Waals surface area contributed by atoms with Gasteiger partial charge < -0.3 is 10.0 Å². The molecule has 0 saturated carbocycles. The summed E-state index contributed by atoms with van der Waals surface area (Å²) in [7, 11) is 1.87. The molecule has 1 N–H and O–H groups in total.